The molecule has 0 aromatic heterocycles. The maximum Gasteiger partial charge on any atom is 0.251 e. The molecular weight excluding hydrogens is 290 g/mol. The first-order chi connectivity index (χ1) is 11.2. The zero-order chi connectivity index (χ0) is 16.7. The lowest BCUT2D eigenvalue weighted by Crippen LogP contribution is -2.22. The molecule has 23 heavy (non-hydrogen) atoms. The van der Waals surface area contributed by atoms with Crippen LogP contribution in [0.1, 0.15) is 21.5 Å². The highest BCUT2D eigenvalue weighted by Gasteiger charge is 2.09. The minimum Gasteiger partial charge on any atom is -0.497 e. The third kappa shape index (κ3) is 4.36. The van der Waals surface area contributed by atoms with E-state index in [0.717, 1.165) is 22.6 Å². The van der Waals surface area contributed by atoms with E-state index in [1.165, 1.54) is 0 Å². The van der Waals surface area contributed by atoms with Gasteiger partial charge in [-0.2, -0.15) is 0 Å². The molecule has 0 atom stereocenters. The van der Waals surface area contributed by atoms with Crippen LogP contribution in [0.2, 0.25) is 0 Å². The maximum atomic E-state index is 12.3. The largest absolute Gasteiger partial charge is 0.497 e. The van der Waals surface area contributed by atoms with Crippen LogP contribution < -0.4 is 14.8 Å². The number of nitrogens with one attached hydrogen (secondary N) is 1. The lowest BCUT2D eigenvalue weighted by atomic mass is 10.1. The van der Waals surface area contributed by atoms with Gasteiger partial charge in [0.15, 0.2) is 0 Å². The first kappa shape index (κ1) is 16.6. The number of methoxy groups -OCH3 is 2. The van der Waals surface area contributed by atoms with E-state index in [1.54, 1.807) is 32.4 Å². The van der Waals surface area contributed by atoms with Crippen molar-refractivity contribution in [3.63, 3.8) is 0 Å². The highest BCUT2D eigenvalue weighted by atomic mass is 16.5. The quantitative estimate of drug-likeness (QED) is 0.798. The molecule has 0 heterocycles. The van der Waals surface area contributed by atoms with E-state index in [9.17, 15) is 4.79 Å². The summed E-state index contributed by atoms with van der Waals surface area (Å²) in [5.41, 5.74) is 2.56. The van der Waals surface area contributed by atoms with Crippen LogP contribution in [-0.2, 0) is 13.0 Å². The average Bonchev–Trinajstić information content (AvgIpc) is 2.60. The van der Waals surface area contributed by atoms with Gasteiger partial charge in [0.1, 0.15) is 11.5 Å². The molecule has 2 rings (SSSR count). The van der Waals surface area contributed by atoms with Crippen molar-refractivity contribution < 1.29 is 14.3 Å². The summed E-state index contributed by atoms with van der Waals surface area (Å²) in [5, 5.41) is 2.91. The lowest BCUT2D eigenvalue weighted by molar-refractivity contribution is 0.0951. The molecule has 0 bridgehead atoms. The number of carbonyl (C=O) groups excluding carboxylic acids is 1. The van der Waals surface area contributed by atoms with Crippen molar-refractivity contribution in [1.82, 2.24) is 5.32 Å². The third-order valence-corrected chi connectivity index (χ3v) is 3.52. The van der Waals surface area contributed by atoms with Gasteiger partial charge >= 0.3 is 0 Å². The molecular formula is C19H21NO3. The second-order valence-corrected chi connectivity index (χ2v) is 5.05. The molecule has 0 fully saturated rings. The van der Waals surface area contributed by atoms with Crippen molar-refractivity contribution in [1.29, 1.82) is 0 Å². The Kier molecular flexibility index (Phi) is 5.80. The van der Waals surface area contributed by atoms with Gasteiger partial charge in [0.25, 0.3) is 5.91 Å². The SMILES string of the molecule is C=CCc1cc(C(=O)NCc2ccc(OC)cc2)ccc1OC. The van der Waals surface area contributed by atoms with Crippen LogP contribution in [0.5, 0.6) is 11.5 Å². The molecule has 0 saturated carbocycles. The molecule has 0 aliphatic carbocycles. The minimum atomic E-state index is -0.117. The molecule has 1 N–H and O–H groups in total. The van der Waals surface area contributed by atoms with Gasteiger partial charge in [0, 0.05) is 12.1 Å². The molecule has 2 aromatic rings. The molecule has 4 heteroatoms. The number of carbonyl (C=O) groups is 1. The van der Waals surface area contributed by atoms with Crippen molar-refractivity contribution >= 4 is 5.91 Å². The number of allylic oxidation sites excluding steroid dienone is 1. The zero-order valence-electron chi connectivity index (χ0n) is 13.5. The smallest absolute Gasteiger partial charge is 0.251 e. The first-order valence-electron chi connectivity index (χ1n) is 7.37. The molecule has 0 aliphatic rings. The molecule has 0 spiro atoms. The molecule has 0 radical (unpaired) electrons. The highest BCUT2D eigenvalue weighted by Crippen LogP contribution is 2.21. The summed E-state index contributed by atoms with van der Waals surface area (Å²) in [6.07, 6.45) is 2.44. The van der Waals surface area contributed by atoms with E-state index in [1.807, 2.05) is 30.3 Å². The van der Waals surface area contributed by atoms with Crippen LogP contribution in [0.3, 0.4) is 0 Å². The summed E-state index contributed by atoms with van der Waals surface area (Å²) < 4.78 is 10.4. The number of amides is 1. The summed E-state index contributed by atoms with van der Waals surface area (Å²) in [6.45, 7) is 4.19. The Morgan fingerprint density at radius 3 is 2.48 bits per heavy atom. The Morgan fingerprint density at radius 1 is 1.13 bits per heavy atom. The molecule has 120 valence electrons. The first-order valence-corrected chi connectivity index (χ1v) is 7.37. The van der Waals surface area contributed by atoms with Crippen molar-refractivity contribution in [2.45, 2.75) is 13.0 Å². The summed E-state index contributed by atoms with van der Waals surface area (Å²) in [6, 6.07) is 13.0. The van der Waals surface area contributed by atoms with Crippen LogP contribution >= 0.6 is 0 Å². The normalized spacial score (nSPS) is 10.0. The fraction of sp³-hybridized carbons (Fsp3) is 0.211. The maximum absolute atomic E-state index is 12.3. The number of rotatable bonds is 7. The number of hydrogen-bond donors (Lipinski definition) is 1. The molecule has 1 amide bonds. The Labute approximate surface area is 136 Å². The van der Waals surface area contributed by atoms with Crippen LogP contribution in [0, 0.1) is 0 Å². The predicted molar refractivity (Wildman–Crippen MR) is 91.1 cm³/mol. The van der Waals surface area contributed by atoms with Crippen LogP contribution in [-0.4, -0.2) is 20.1 Å². The van der Waals surface area contributed by atoms with Gasteiger partial charge in [0.2, 0.25) is 0 Å². The van der Waals surface area contributed by atoms with Crippen LogP contribution in [0.25, 0.3) is 0 Å². The third-order valence-electron chi connectivity index (χ3n) is 3.52. The zero-order valence-corrected chi connectivity index (χ0v) is 13.5. The van der Waals surface area contributed by atoms with E-state index in [-0.39, 0.29) is 5.91 Å². The standard InChI is InChI=1S/C19H21NO3/c1-4-5-15-12-16(8-11-18(15)23-3)19(21)20-13-14-6-9-17(22-2)10-7-14/h4,6-12H,1,5,13H2,2-3H3,(H,20,21). The summed E-state index contributed by atoms with van der Waals surface area (Å²) in [7, 11) is 3.24. The van der Waals surface area contributed by atoms with Gasteiger partial charge in [-0.05, 0) is 47.9 Å². The van der Waals surface area contributed by atoms with Gasteiger partial charge in [-0.15, -0.1) is 6.58 Å². The van der Waals surface area contributed by atoms with Crippen molar-refractivity contribution in [2.75, 3.05) is 14.2 Å². The van der Waals surface area contributed by atoms with Crippen molar-refractivity contribution in [3.8, 4) is 11.5 Å². The number of ether oxygens (including phenoxy) is 2. The second-order valence-electron chi connectivity index (χ2n) is 5.05. The fourth-order valence-corrected chi connectivity index (χ4v) is 2.26. The number of benzene rings is 2. The molecule has 4 nitrogen and oxygen atoms in total. The Balaban J connectivity index is 2.04. The van der Waals surface area contributed by atoms with Crippen LogP contribution in [0.4, 0.5) is 0 Å². The molecule has 0 saturated heterocycles. The topological polar surface area (TPSA) is 47.6 Å². The van der Waals surface area contributed by atoms with E-state index in [0.29, 0.717) is 18.5 Å². The van der Waals surface area contributed by atoms with Gasteiger partial charge in [-0.3, -0.25) is 4.79 Å². The highest BCUT2D eigenvalue weighted by molar-refractivity contribution is 5.94. The predicted octanol–water partition coefficient (Wildman–Crippen LogP) is 3.36. The van der Waals surface area contributed by atoms with E-state index >= 15 is 0 Å². The summed E-state index contributed by atoms with van der Waals surface area (Å²) in [4.78, 5) is 12.3. The Bertz CT molecular complexity index is 678. The minimum absolute atomic E-state index is 0.117. The summed E-state index contributed by atoms with van der Waals surface area (Å²) >= 11 is 0. The van der Waals surface area contributed by atoms with Crippen LogP contribution in [0.15, 0.2) is 55.1 Å². The lowest BCUT2D eigenvalue weighted by Gasteiger charge is -2.10. The van der Waals surface area contributed by atoms with Gasteiger partial charge in [-0.1, -0.05) is 18.2 Å². The summed E-state index contributed by atoms with van der Waals surface area (Å²) in [5.74, 6) is 1.44. The fourth-order valence-electron chi connectivity index (χ4n) is 2.26. The Hall–Kier alpha value is -2.75. The van der Waals surface area contributed by atoms with Crippen molar-refractivity contribution in [3.05, 3.63) is 71.8 Å². The number of hydrogen-bond acceptors (Lipinski definition) is 3. The van der Waals surface area contributed by atoms with Gasteiger partial charge in [-0.25, -0.2) is 0 Å². The van der Waals surface area contributed by atoms with Crippen molar-refractivity contribution in [2.24, 2.45) is 0 Å². The van der Waals surface area contributed by atoms with E-state index < -0.39 is 0 Å². The molecule has 2 aromatic carbocycles. The monoisotopic (exact) mass is 311 g/mol. The molecule has 0 unspecified atom stereocenters. The van der Waals surface area contributed by atoms with E-state index in [4.69, 9.17) is 9.47 Å². The van der Waals surface area contributed by atoms with E-state index in [2.05, 4.69) is 11.9 Å². The van der Waals surface area contributed by atoms with Gasteiger partial charge < -0.3 is 14.8 Å². The molecule has 0 aliphatic heterocycles. The average molecular weight is 311 g/mol. The second kappa shape index (κ2) is 8.03. The Morgan fingerprint density at radius 2 is 1.87 bits per heavy atom. The van der Waals surface area contributed by atoms with Gasteiger partial charge in [0.05, 0.1) is 14.2 Å².